The van der Waals surface area contributed by atoms with E-state index in [4.69, 9.17) is 0 Å². The first-order valence-corrected chi connectivity index (χ1v) is 19.9. The van der Waals surface area contributed by atoms with E-state index < -0.39 is 10.1 Å². The van der Waals surface area contributed by atoms with E-state index in [2.05, 4.69) is 46.2 Å². The number of aromatic hydroxyl groups is 1. The quantitative estimate of drug-likeness (QED) is 0.0866. The lowest BCUT2D eigenvalue weighted by Crippen LogP contribution is -1.97. The molecule has 7 rings (SSSR count). The van der Waals surface area contributed by atoms with Gasteiger partial charge in [0.1, 0.15) is 16.3 Å². The summed E-state index contributed by atoms with van der Waals surface area (Å²) in [7, 11) is -4.45. The topological polar surface area (TPSA) is 186 Å². The van der Waals surface area contributed by atoms with Crippen molar-refractivity contribution in [2.24, 2.45) is 40.9 Å². The van der Waals surface area contributed by atoms with E-state index in [0.717, 1.165) is 44.6 Å². The summed E-state index contributed by atoms with van der Waals surface area (Å²) in [5, 5.41) is 51.1. The van der Waals surface area contributed by atoms with Gasteiger partial charge in [-0.05, 0) is 159 Å². The Hall–Kier alpha value is -7.29. The lowest BCUT2D eigenvalue weighted by Gasteiger charge is -2.09. The summed E-state index contributed by atoms with van der Waals surface area (Å²) in [4.78, 5) is -0.320. The number of azo groups is 4. The normalized spacial score (nSPS) is 12.2. The van der Waals surface area contributed by atoms with Crippen molar-refractivity contribution in [2.45, 2.75) is 39.5 Å². The minimum Gasteiger partial charge on any atom is -0.505 e. The van der Waals surface area contributed by atoms with E-state index in [1.807, 2.05) is 132 Å². The van der Waals surface area contributed by atoms with Crippen molar-refractivity contribution >= 4 is 77.8 Å². The summed E-state index contributed by atoms with van der Waals surface area (Å²) < 4.78 is 33.0. The van der Waals surface area contributed by atoms with E-state index in [9.17, 15) is 18.1 Å². The van der Waals surface area contributed by atoms with Crippen LogP contribution in [0.1, 0.15) is 27.8 Å². The number of para-hydroxylation sites is 1. The number of phenols is 1. The van der Waals surface area contributed by atoms with Gasteiger partial charge in [0.05, 0.1) is 34.1 Å². The minimum absolute atomic E-state index is 0.0325. The Morgan fingerprint density at radius 2 is 1.02 bits per heavy atom. The van der Waals surface area contributed by atoms with Crippen LogP contribution in [0.5, 0.6) is 5.75 Å². The summed E-state index contributed by atoms with van der Waals surface area (Å²) >= 11 is 0. The van der Waals surface area contributed by atoms with Gasteiger partial charge in [-0.15, -0.1) is 15.3 Å². The third-order valence-corrected chi connectivity index (χ3v) is 10.3. The van der Waals surface area contributed by atoms with Crippen LogP contribution in [-0.2, 0) is 10.1 Å². The number of nitrogens with one attached hydrogen (secondary N) is 1. The first-order valence-electron chi connectivity index (χ1n) is 18.5. The lowest BCUT2D eigenvalue weighted by atomic mass is 10.1. The first-order chi connectivity index (χ1) is 28.3. The molecule has 294 valence electrons. The summed E-state index contributed by atoms with van der Waals surface area (Å²) in [6.07, 6.45) is 0. The molecule has 0 aliphatic heterocycles. The van der Waals surface area contributed by atoms with Gasteiger partial charge in [0.2, 0.25) is 0 Å². The Bertz CT molecular complexity index is 2940. The molecule has 7 aromatic rings. The highest BCUT2D eigenvalue weighted by Crippen LogP contribution is 2.39. The van der Waals surface area contributed by atoms with Gasteiger partial charge in [-0.3, -0.25) is 4.55 Å². The predicted octanol–water partition coefficient (Wildman–Crippen LogP) is 14.7. The molecule has 3 N–H and O–H groups in total. The van der Waals surface area contributed by atoms with Crippen molar-refractivity contribution < 1.29 is 18.1 Å². The molecular formula is C45H39N9O4S. The predicted molar refractivity (Wildman–Crippen MR) is 231 cm³/mol. The van der Waals surface area contributed by atoms with Crippen LogP contribution in [0.2, 0.25) is 0 Å². The van der Waals surface area contributed by atoms with Gasteiger partial charge in [0.25, 0.3) is 10.1 Å². The Kier molecular flexibility index (Phi) is 11.5. The van der Waals surface area contributed by atoms with Gasteiger partial charge in [0, 0.05) is 16.8 Å². The number of nitrogens with zero attached hydrogens (tertiary/aromatic N) is 8. The molecule has 0 aromatic heterocycles. The fourth-order valence-electron chi connectivity index (χ4n) is 6.30. The molecule has 7 aromatic carbocycles. The van der Waals surface area contributed by atoms with Gasteiger partial charge >= 0.3 is 0 Å². The fourth-order valence-corrected chi connectivity index (χ4v) is 6.93. The van der Waals surface area contributed by atoms with Crippen molar-refractivity contribution in [3.63, 3.8) is 0 Å². The van der Waals surface area contributed by atoms with Crippen molar-refractivity contribution in [3.8, 4) is 5.75 Å². The van der Waals surface area contributed by atoms with Crippen molar-refractivity contribution in [1.29, 1.82) is 0 Å². The number of phenolic OH excluding ortho intramolecular Hbond substituents is 1. The zero-order valence-corrected chi connectivity index (χ0v) is 33.6. The average Bonchev–Trinajstić information content (AvgIpc) is 3.20. The molecule has 0 unspecified atom stereocenters. The van der Waals surface area contributed by atoms with Crippen molar-refractivity contribution in [3.05, 3.63) is 155 Å². The molecule has 0 amide bonds. The maximum atomic E-state index is 11.7. The SMILES string of the molecule is Cc1cc(N=Nc2cc(C)c(N=Nc3ccc4cc(Nc5ccccc5)ccc4c3O)cc2C)ccc1N=Nc1cc(C)c(N=Nc2ccccc2S(=O)(=O)O)c(C)c1. The molecule has 0 aliphatic carbocycles. The number of anilines is 2. The zero-order chi connectivity index (χ0) is 41.7. The number of fused-ring (bicyclic) bond motifs is 1. The first kappa shape index (κ1) is 39.9. The van der Waals surface area contributed by atoms with Gasteiger partial charge in [-0.2, -0.15) is 34.0 Å². The molecule has 0 radical (unpaired) electrons. The molecule has 0 saturated heterocycles. The van der Waals surface area contributed by atoms with Crippen LogP contribution in [0.15, 0.2) is 173 Å². The van der Waals surface area contributed by atoms with Gasteiger partial charge in [0.15, 0.2) is 5.75 Å². The van der Waals surface area contributed by atoms with Crippen LogP contribution in [0.3, 0.4) is 0 Å². The summed E-state index contributed by atoms with van der Waals surface area (Å²) in [6.45, 7) is 9.46. The van der Waals surface area contributed by atoms with Crippen LogP contribution in [0.25, 0.3) is 10.8 Å². The maximum absolute atomic E-state index is 11.7. The molecular weight excluding hydrogens is 763 g/mol. The second-order valence-corrected chi connectivity index (χ2v) is 15.3. The largest absolute Gasteiger partial charge is 0.505 e. The van der Waals surface area contributed by atoms with E-state index >= 15 is 0 Å². The number of benzene rings is 7. The van der Waals surface area contributed by atoms with Crippen LogP contribution >= 0.6 is 0 Å². The summed E-state index contributed by atoms with van der Waals surface area (Å²) in [6, 6.07) is 38.1. The van der Waals surface area contributed by atoms with Crippen molar-refractivity contribution in [2.75, 3.05) is 5.32 Å². The number of hydrogen-bond acceptors (Lipinski definition) is 12. The van der Waals surface area contributed by atoms with E-state index in [0.29, 0.717) is 45.2 Å². The molecule has 0 spiro atoms. The Morgan fingerprint density at radius 3 is 1.71 bits per heavy atom. The third kappa shape index (κ3) is 9.47. The highest BCUT2D eigenvalue weighted by Gasteiger charge is 2.15. The molecule has 0 atom stereocenters. The van der Waals surface area contributed by atoms with E-state index in [1.54, 1.807) is 12.1 Å². The van der Waals surface area contributed by atoms with Gasteiger partial charge in [-0.25, -0.2) is 0 Å². The lowest BCUT2D eigenvalue weighted by molar-refractivity contribution is 0.482. The third-order valence-electron chi connectivity index (χ3n) is 9.42. The zero-order valence-electron chi connectivity index (χ0n) is 32.8. The van der Waals surface area contributed by atoms with Crippen molar-refractivity contribution in [1.82, 2.24) is 0 Å². The minimum atomic E-state index is -4.45. The summed E-state index contributed by atoms with van der Waals surface area (Å²) in [5.41, 5.74) is 10.2. The summed E-state index contributed by atoms with van der Waals surface area (Å²) in [5.74, 6) is 0.0602. The Balaban J connectivity index is 1.01. The van der Waals surface area contributed by atoms with E-state index in [-0.39, 0.29) is 16.3 Å². The Morgan fingerprint density at radius 1 is 0.458 bits per heavy atom. The number of hydrogen-bond donors (Lipinski definition) is 3. The van der Waals surface area contributed by atoms with Gasteiger partial charge < -0.3 is 10.4 Å². The second kappa shape index (κ2) is 17.1. The van der Waals surface area contributed by atoms with Crippen LogP contribution in [0, 0.1) is 34.6 Å². The molecule has 0 bridgehead atoms. The molecule has 0 heterocycles. The van der Waals surface area contributed by atoms with Crippen LogP contribution in [0.4, 0.5) is 56.9 Å². The van der Waals surface area contributed by atoms with Gasteiger partial charge in [-0.1, -0.05) is 36.4 Å². The monoisotopic (exact) mass is 801 g/mol. The highest BCUT2D eigenvalue weighted by atomic mass is 32.2. The standard InChI is InChI=1S/C45H39N9O4S/c1-27-21-35(17-20-38(27)49-48-36-22-30(4)44(31(5)23-36)54-50-39-13-9-10-14-43(39)59(56,57)58)47-52-41-24-29(3)42(25-28(41)2)53-51-40-19-15-32-26-34(16-18-37(32)45(40)55)46-33-11-7-6-8-12-33/h6-26,46,55H,1-5H3,(H,56,57,58). The van der Waals surface area contributed by atoms with E-state index in [1.165, 1.54) is 18.2 Å². The number of rotatable bonds is 11. The maximum Gasteiger partial charge on any atom is 0.296 e. The molecule has 13 nitrogen and oxygen atoms in total. The van der Waals surface area contributed by atoms with Crippen LogP contribution < -0.4 is 5.32 Å². The smallest absolute Gasteiger partial charge is 0.296 e. The molecule has 59 heavy (non-hydrogen) atoms. The molecule has 0 fully saturated rings. The average molecular weight is 802 g/mol. The fraction of sp³-hybridized carbons (Fsp3) is 0.111. The molecule has 0 aliphatic rings. The molecule has 0 saturated carbocycles. The second-order valence-electron chi connectivity index (χ2n) is 13.9. The number of aryl methyl sites for hydroxylation is 5. The Labute approximate surface area is 341 Å². The highest BCUT2D eigenvalue weighted by molar-refractivity contribution is 7.86. The molecule has 14 heteroatoms. The van der Waals surface area contributed by atoms with Crippen LogP contribution in [-0.4, -0.2) is 18.1 Å².